The van der Waals surface area contributed by atoms with Gasteiger partial charge < -0.3 is 20.5 Å². The van der Waals surface area contributed by atoms with E-state index in [1.54, 1.807) is 23.6 Å². The number of primary amides is 1. The van der Waals surface area contributed by atoms with Crippen LogP contribution in [-0.2, 0) is 11.4 Å². The van der Waals surface area contributed by atoms with Crippen molar-refractivity contribution in [1.82, 2.24) is 14.8 Å². The molecule has 178 valence electrons. The lowest BCUT2D eigenvalue weighted by Crippen LogP contribution is -2.31. The maximum absolute atomic E-state index is 12.4. The lowest BCUT2D eigenvalue weighted by molar-refractivity contribution is -0.115. The van der Waals surface area contributed by atoms with Gasteiger partial charge in [0.2, 0.25) is 17.0 Å². The number of methoxy groups -OCH3 is 1. The fraction of sp³-hybridized carbons (Fsp3) is 0.320. The second-order valence-corrected chi connectivity index (χ2v) is 9.19. The first-order valence-corrected chi connectivity index (χ1v) is 12.1. The molecule has 1 aliphatic rings. The van der Waals surface area contributed by atoms with Crippen LogP contribution in [0.5, 0.6) is 11.5 Å². The molecule has 1 unspecified atom stereocenters. The van der Waals surface area contributed by atoms with Crippen LogP contribution in [0.4, 0.5) is 5.95 Å². The molecule has 0 radical (unpaired) electrons. The van der Waals surface area contributed by atoms with Gasteiger partial charge in [-0.05, 0) is 43.5 Å². The van der Waals surface area contributed by atoms with Crippen LogP contribution in [0.1, 0.15) is 43.0 Å². The van der Waals surface area contributed by atoms with Crippen LogP contribution in [0.15, 0.2) is 58.9 Å². The normalized spacial score (nSPS) is 15.0. The zero-order valence-electron chi connectivity index (χ0n) is 19.8. The minimum absolute atomic E-state index is 0.417. The van der Waals surface area contributed by atoms with Gasteiger partial charge in [-0.15, -0.1) is 5.10 Å². The first-order chi connectivity index (χ1) is 16.4. The van der Waals surface area contributed by atoms with Gasteiger partial charge in [-0.1, -0.05) is 54.6 Å². The van der Waals surface area contributed by atoms with Crippen LogP contribution in [0.3, 0.4) is 0 Å². The summed E-state index contributed by atoms with van der Waals surface area (Å²) in [6.45, 7) is 6.39. The van der Waals surface area contributed by atoms with Crippen LogP contribution in [-0.4, -0.2) is 33.5 Å². The summed E-state index contributed by atoms with van der Waals surface area (Å²) >= 11 is 1.58. The Balaban J connectivity index is 1.68. The first-order valence-electron chi connectivity index (χ1n) is 11.1. The summed E-state index contributed by atoms with van der Waals surface area (Å²) in [6.07, 6.45) is 1.01. The zero-order chi connectivity index (χ0) is 24.2. The molecular weight excluding hydrogens is 450 g/mol. The van der Waals surface area contributed by atoms with Gasteiger partial charge in [0, 0.05) is 11.4 Å². The third-order valence-electron chi connectivity index (χ3n) is 5.55. The Labute approximate surface area is 203 Å². The van der Waals surface area contributed by atoms with Gasteiger partial charge in [-0.2, -0.15) is 4.98 Å². The predicted molar refractivity (Wildman–Crippen MR) is 133 cm³/mol. The summed E-state index contributed by atoms with van der Waals surface area (Å²) in [5, 5.41) is 8.49. The molecule has 8 nitrogen and oxygen atoms in total. The standard InChI is InChI=1S/C25H29N5O3S/c1-5-12-34-25-28-24-27-16(3)21(23(26)31)22(30(24)29-25)18-10-11-19(20(13-18)32-4)33-14-17-8-6-15(2)7-9-17/h6-11,13,22H,5,12,14H2,1-4H3,(H2,26,31)(H,27,28,29). The largest absolute Gasteiger partial charge is 0.493 e. The average molecular weight is 480 g/mol. The third-order valence-corrected chi connectivity index (χ3v) is 6.60. The van der Waals surface area contributed by atoms with Crippen molar-refractivity contribution < 1.29 is 14.3 Å². The average Bonchev–Trinajstić information content (AvgIpc) is 3.23. The molecule has 2 aromatic carbocycles. The number of aryl methyl sites for hydroxylation is 1. The van der Waals surface area contributed by atoms with Crippen molar-refractivity contribution in [3.05, 3.63) is 70.4 Å². The van der Waals surface area contributed by atoms with E-state index in [0.717, 1.165) is 23.3 Å². The van der Waals surface area contributed by atoms with Gasteiger partial charge in [-0.3, -0.25) is 4.79 Å². The van der Waals surface area contributed by atoms with E-state index in [2.05, 4.69) is 41.4 Å². The number of carbonyl (C=O) groups is 1. The van der Waals surface area contributed by atoms with Gasteiger partial charge in [0.25, 0.3) is 0 Å². The van der Waals surface area contributed by atoms with Crippen LogP contribution in [0.2, 0.25) is 0 Å². The minimum Gasteiger partial charge on any atom is -0.493 e. The Kier molecular flexibility index (Phi) is 7.12. The smallest absolute Gasteiger partial charge is 0.248 e. The monoisotopic (exact) mass is 479 g/mol. The van der Waals surface area contributed by atoms with Crippen molar-refractivity contribution >= 4 is 23.6 Å². The summed E-state index contributed by atoms with van der Waals surface area (Å²) in [5.41, 5.74) is 9.94. The van der Waals surface area contributed by atoms with Crippen molar-refractivity contribution in [2.45, 2.75) is 45.0 Å². The van der Waals surface area contributed by atoms with E-state index in [4.69, 9.17) is 15.2 Å². The van der Waals surface area contributed by atoms with Crippen molar-refractivity contribution in [3.8, 4) is 11.5 Å². The van der Waals surface area contributed by atoms with Crippen molar-refractivity contribution in [2.24, 2.45) is 5.73 Å². The summed E-state index contributed by atoms with van der Waals surface area (Å²) in [7, 11) is 1.59. The number of anilines is 1. The molecule has 1 atom stereocenters. The topological polar surface area (TPSA) is 104 Å². The molecule has 3 N–H and O–H groups in total. The van der Waals surface area contributed by atoms with Gasteiger partial charge in [0.05, 0.1) is 12.7 Å². The van der Waals surface area contributed by atoms with Crippen LogP contribution >= 0.6 is 11.8 Å². The molecule has 0 fully saturated rings. The van der Waals surface area contributed by atoms with E-state index in [9.17, 15) is 4.79 Å². The minimum atomic E-state index is -0.530. The third kappa shape index (κ3) is 4.89. The van der Waals surface area contributed by atoms with Gasteiger partial charge in [0.1, 0.15) is 12.6 Å². The molecule has 1 amide bonds. The highest BCUT2D eigenvalue weighted by molar-refractivity contribution is 7.99. The number of ether oxygens (including phenoxy) is 2. The van der Waals surface area contributed by atoms with Gasteiger partial charge in [-0.25, -0.2) is 4.68 Å². The number of nitrogens with two attached hydrogens (primary N) is 1. The highest BCUT2D eigenvalue weighted by Gasteiger charge is 2.33. The number of hydrogen-bond donors (Lipinski definition) is 2. The number of benzene rings is 2. The summed E-state index contributed by atoms with van der Waals surface area (Å²) in [4.78, 5) is 17.0. The molecule has 0 bridgehead atoms. The van der Waals surface area contributed by atoms with E-state index in [1.807, 2.05) is 37.3 Å². The van der Waals surface area contributed by atoms with Crippen molar-refractivity contribution in [2.75, 3.05) is 18.2 Å². The number of amides is 1. The van der Waals surface area contributed by atoms with E-state index >= 15 is 0 Å². The van der Waals surface area contributed by atoms with Crippen LogP contribution in [0, 0.1) is 6.92 Å². The quantitative estimate of drug-likeness (QED) is 0.437. The molecule has 9 heteroatoms. The molecule has 0 aliphatic carbocycles. The van der Waals surface area contributed by atoms with Gasteiger partial charge >= 0.3 is 0 Å². The van der Waals surface area contributed by atoms with Crippen LogP contribution < -0.4 is 20.5 Å². The highest BCUT2D eigenvalue weighted by Crippen LogP contribution is 2.39. The number of nitrogens with one attached hydrogen (secondary N) is 1. The number of allylic oxidation sites excluding steroid dienone is 1. The fourth-order valence-corrected chi connectivity index (χ4v) is 4.52. The zero-order valence-corrected chi connectivity index (χ0v) is 20.6. The molecule has 4 rings (SSSR count). The second kappa shape index (κ2) is 10.2. The summed E-state index contributed by atoms with van der Waals surface area (Å²) < 4.78 is 13.4. The molecule has 3 aromatic rings. The Morgan fingerprint density at radius 1 is 1.18 bits per heavy atom. The van der Waals surface area contributed by atoms with Crippen molar-refractivity contribution in [1.29, 1.82) is 0 Å². The fourth-order valence-electron chi connectivity index (χ4n) is 3.83. The number of aromatic nitrogens is 3. The summed E-state index contributed by atoms with van der Waals surface area (Å²) in [6, 6.07) is 13.3. The summed E-state index contributed by atoms with van der Waals surface area (Å²) in [5.74, 6) is 2.14. The van der Waals surface area contributed by atoms with Crippen LogP contribution in [0.25, 0.3) is 0 Å². The molecule has 0 saturated carbocycles. The Bertz CT molecular complexity index is 1220. The Morgan fingerprint density at radius 3 is 2.62 bits per heavy atom. The molecule has 1 aliphatic heterocycles. The number of thioether (sulfide) groups is 1. The van der Waals surface area contributed by atoms with E-state index in [0.29, 0.717) is 40.5 Å². The number of nitrogens with zero attached hydrogens (tertiary/aromatic N) is 3. The lowest BCUT2D eigenvalue weighted by Gasteiger charge is -2.28. The van der Waals surface area contributed by atoms with Gasteiger partial charge in [0.15, 0.2) is 11.5 Å². The maximum Gasteiger partial charge on any atom is 0.248 e. The van der Waals surface area contributed by atoms with E-state index in [1.165, 1.54) is 5.56 Å². The van der Waals surface area contributed by atoms with E-state index < -0.39 is 11.9 Å². The number of fused-ring (bicyclic) bond motifs is 1. The predicted octanol–water partition coefficient (Wildman–Crippen LogP) is 4.45. The SMILES string of the molecule is CCCSc1nc2n(n1)C(c1ccc(OCc3ccc(C)cc3)c(OC)c1)C(C(N)=O)=C(C)N2. The lowest BCUT2D eigenvalue weighted by atomic mass is 9.95. The number of carbonyl (C=O) groups excluding carboxylic acids is 1. The first kappa shape index (κ1) is 23.7. The maximum atomic E-state index is 12.4. The van der Waals surface area contributed by atoms with Crippen molar-refractivity contribution in [3.63, 3.8) is 0 Å². The number of rotatable bonds is 9. The highest BCUT2D eigenvalue weighted by atomic mass is 32.2. The Hall–Kier alpha value is -3.46. The Morgan fingerprint density at radius 2 is 1.94 bits per heavy atom. The second-order valence-electron chi connectivity index (χ2n) is 8.13. The molecular formula is C25H29N5O3S. The molecule has 1 aromatic heterocycles. The molecule has 2 heterocycles. The molecule has 0 spiro atoms. The molecule has 0 saturated heterocycles. The molecule has 34 heavy (non-hydrogen) atoms. The van der Waals surface area contributed by atoms with E-state index in [-0.39, 0.29) is 0 Å². The number of hydrogen-bond acceptors (Lipinski definition) is 7.